The SMILES string of the molecule is Cc1ccc2cc(-c3cc4c(c(C5(C)c6ccccc6-c6cc(-c7ccc8c(CC9(C)c%10ccccc%10-c%10c(-c%11ccc%12cc(C)ccc%12c%11)cccc%109)c(C)ccc8c7)ccc65)c3)-c3ccccc3C4(C)Cc3ccc4c(c3)-c3cccc(-c5ccc6cc(C)ccc6c5)c3C4(C)C)ccc2c1. The topological polar surface area (TPSA) is 0 Å². The Morgan fingerprint density at radius 3 is 1.38 bits per heavy atom. The molecule has 0 bridgehead atoms. The highest BCUT2D eigenvalue weighted by atomic mass is 14.5. The van der Waals surface area contributed by atoms with Crippen molar-refractivity contribution in [3.05, 3.63) is 381 Å². The van der Waals surface area contributed by atoms with Gasteiger partial charge in [-0.15, -0.1) is 0 Å². The monoisotopic (exact) mass is 1320 g/mol. The predicted molar refractivity (Wildman–Crippen MR) is 436 cm³/mol. The maximum Gasteiger partial charge on any atom is 0.0442 e. The van der Waals surface area contributed by atoms with E-state index in [-0.39, 0.29) is 16.2 Å². The van der Waals surface area contributed by atoms with Gasteiger partial charge >= 0.3 is 0 Å². The summed E-state index contributed by atoms with van der Waals surface area (Å²) in [4.78, 5) is 0. The Kier molecular flexibility index (Phi) is 13.3. The first kappa shape index (κ1) is 61.4. The van der Waals surface area contributed by atoms with Gasteiger partial charge in [-0.1, -0.05) is 299 Å². The molecule has 0 aromatic heterocycles. The molecule has 0 heteroatoms. The van der Waals surface area contributed by atoms with Crippen molar-refractivity contribution in [1.29, 1.82) is 0 Å². The average Bonchev–Trinajstić information content (AvgIpc) is 1.54. The Labute approximate surface area is 605 Å². The predicted octanol–water partition coefficient (Wildman–Crippen LogP) is 26.9. The molecule has 0 nitrogen and oxygen atoms in total. The van der Waals surface area contributed by atoms with E-state index in [1.165, 1.54) is 216 Å². The summed E-state index contributed by atoms with van der Waals surface area (Å²) < 4.78 is 0. The first-order valence-electron chi connectivity index (χ1n) is 37.1. The van der Waals surface area contributed by atoms with E-state index in [1.807, 2.05) is 0 Å². The molecule has 16 aromatic carbocycles. The second kappa shape index (κ2) is 22.3. The summed E-state index contributed by atoms with van der Waals surface area (Å²) in [6.07, 6.45) is 1.73. The summed E-state index contributed by atoms with van der Waals surface area (Å²) in [5.74, 6) is 0. The first-order valence-corrected chi connectivity index (χ1v) is 37.1. The molecule has 0 amide bonds. The van der Waals surface area contributed by atoms with E-state index < -0.39 is 5.41 Å². The first-order chi connectivity index (χ1) is 50.0. The number of fused-ring (bicyclic) bond motifs is 16. The van der Waals surface area contributed by atoms with Crippen molar-refractivity contribution in [2.45, 2.75) is 96.8 Å². The van der Waals surface area contributed by atoms with Crippen LogP contribution >= 0.6 is 0 Å². The van der Waals surface area contributed by atoms with Crippen LogP contribution in [0.15, 0.2) is 297 Å². The molecule has 0 saturated heterocycles. The molecule has 0 radical (unpaired) electrons. The second-order valence-corrected chi connectivity index (χ2v) is 31.9. The zero-order valence-electron chi connectivity index (χ0n) is 60.2. The average molecular weight is 1320 g/mol. The lowest BCUT2D eigenvalue weighted by molar-refractivity contribution is 0.581. The van der Waals surface area contributed by atoms with Crippen LogP contribution in [0.1, 0.15) is 118 Å². The van der Waals surface area contributed by atoms with Crippen molar-refractivity contribution < 1.29 is 0 Å². The van der Waals surface area contributed by atoms with Gasteiger partial charge in [0.05, 0.1) is 0 Å². The van der Waals surface area contributed by atoms with Crippen molar-refractivity contribution in [3.8, 4) is 89.0 Å². The van der Waals surface area contributed by atoms with Crippen molar-refractivity contribution >= 4 is 43.1 Å². The van der Waals surface area contributed by atoms with Crippen molar-refractivity contribution in [2.24, 2.45) is 0 Å². The van der Waals surface area contributed by atoms with E-state index >= 15 is 0 Å². The van der Waals surface area contributed by atoms with Gasteiger partial charge in [0.15, 0.2) is 0 Å². The third-order valence-electron chi connectivity index (χ3n) is 25.3. The standard InChI is InChI=1S/C103H80/c1-61-28-33-69-52-73(38-37-66(69)48-61)78-57-95-98(85-20-12-14-25-91(85)101(95,7)59-65-32-46-89-86(51-65)83-23-16-22-81(99(83)100(89,5)6)77-42-40-68-50-63(3)30-35-71(68)55-77)96(58-78)103(9)92-26-15-10-18-82(92)87-56-74(44-47-93(87)103)72-43-45-79-75(53-72)36-31-64(4)88(79)60-102(8)90-24-13-11-19-84(90)97-80(21-17-27-94(97)102)76-41-39-67-49-62(2)29-34-70(67)54-76/h10-58H,59-60H2,1-9H3. The lowest BCUT2D eigenvalue weighted by Gasteiger charge is -2.33. The normalized spacial score (nSPS) is 17.6. The second-order valence-electron chi connectivity index (χ2n) is 31.9. The van der Waals surface area contributed by atoms with Crippen LogP contribution in [0, 0.1) is 27.7 Å². The highest BCUT2D eigenvalue weighted by molar-refractivity contribution is 6.00. The van der Waals surface area contributed by atoms with Crippen LogP contribution in [0.5, 0.6) is 0 Å². The Morgan fingerprint density at radius 2 is 0.689 bits per heavy atom. The molecular weight excluding hydrogens is 1240 g/mol. The van der Waals surface area contributed by atoms with Crippen molar-refractivity contribution in [2.75, 3.05) is 0 Å². The minimum Gasteiger partial charge on any atom is -0.0619 e. The third kappa shape index (κ3) is 9.09. The maximum atomic E-state index is 2.59. The zero-order chi connectivity index (χ0) is 69.6. The molecule has 0 aliphatic heterocycles. The number of aryl methyl sites for hydroxylation is 4. The quantitative estimate of drug-likeness (QED) is 0.135. The lowest BCUT2D eigenvalue weighted by Crippen LogP contribution is -2.26. The van der Waals surface area contributed by atoms with Crippen LogP contribution in [-0.2, 0) is 34.5 Å². The van der Waals surface area contributed by atoms with Gasteiger partial charge in [-0.3, -0.25) is 0 Å². The molecule has 0 saturated carbocycles. The fourth-order valence-corrected chi connectivity index (χ4v) is 20.1. The van der Waals surface area contributed by atoms with E-state index in [0.717, 1.165) is 12.8 Å². The molecule has 3 atom stereocenters. The van der Waals surface area contributed by atoms with Crippen LogP contribution in [0.2, 0.25) is 0 Å². The molecule has 0 spiro atoms. The molecule has 3 unspecified atom stereocenters. The van der Waals surface area contributed by atoms with Gasteiger partial charge in [0.2, 0.25) is 0 Å². The number of hydrogen-bond donors (Lipinski definition) is 0. The lowest BCUT2D eigenvalue weighted by atomic mass is 9.69. The third-order valence-corrected chi connectivity index (χ3v) is 25.3. The number of benzene rings is 16. The van der Waals surface area contributed by atoms with Crippen molar-refractivity contribution in [1.82, 2.24) is 0 Å². The van der Waals surface area contributed by atoms with E-state index in [9.17, 15) is 0 Å². The molecule has 0 heterocycles. The molecule has 16 aromatic rings. The Morgan fingerprint density at radius 1 is 0.243 bits per heavy atom. The zero-order valence-corrected chi connectivity index (χ0v) is 60.2. The summed E-state index contributed by atoms with van der Waals surface area (Å²) >= 11 is 0. The van der Waals surface area contributed by atoms with E-state index in [0.29, 0.717) is 0 Å². The number of hydrogen-bond acceptors (Lipinski definition) is 0. The molecule has 4 aliphatic rings. The Balaban J connectivity index is 0.698. The minimum atomic E-state index is -0.514. The summed E-state index contributed by atoms with van der Waals surface area (Å²) in [6.45, 7) is 21.3. The van der Waals surface area contributed by atoms with Gasteiger partial charge in [0, 0.05) is 21.7 Å². The molecule has 492 valence electrons. The van der Waals surface area contributed by atoms with E-state index in [1.54, 1.807) is 0 Å². The number of rotatable bonds is 9. The van der Waals surface area contributed by atoms with Gasteiger partial charge < -0.3 is 0 Å². The fraction of sp³-hybridized carbons (Fsp3) is 0.146. The van der Waals surface area contributed by atoms with Gasteiger partial charge in [0.25, 0.3) is 0 Å². The summed E-state index contributed by atoms with van der Waals surface area (Å²) in [5, 5.41) is 10.2. The highest BCUT2D eigenvalue weighted by Crippen LogP contribution is 2.62. The smallest absolute Gasteiger partial charge is 0.0442 e. The van der Waals surface area contributed by atoms with E-state index in [4.69, 9.17) is 0 Å². The molecule has 103 heavy (non-hydrogen) atoms. The Hall–Kier alpha value is -11.4. The van der Waals surface area contributed by atoms with Crippen LogP contribution in [0.25, 0.3) is 132 Å². The van der Waals surface area contributed by atoms with E-state index in [2.05, 4.69) is 360 Å². The van der Waals surface area contributed by atoms with Gasteiger partial charge in [-0.2, -0.15) is 0 Å². The molecule has 4 aliphatic carbocycles. The Bertz CT molecular complexity index is 6380. The van der Waals surface area contributed by atoms with Crippen molar-refractivity contribution in [3.63, 3.8) is 0 Å². The largest absolute Gasteiger partial charge is 0.0619 e. The summed E-state index contributed by atoms with van der Waals surface area (Å²) in [6, 6.07) is 116. The molecule has 0 fully saturated rings. The summed E-state index contributed by atoms with van der Waals surface area (Å²) in [5.41, 5.74) is 39.9. The van der Waals surface area contributed by atoms with Gasteiger partial charge in [0.1, 0.15) is 0 Å². The van der Waals surface area contributed by atoms with Gasteiger partial charge in [-0.25, -0.2) is 0 Å². The highest BCUT2D eigenvalue weighted by Gasteiger charge is 2.49. The minimum absolute atomic E-state index is 0.189. The van der Waals surface area contributed by atoms with Crippen LogP contribution < -0.4 is 0 Å². The molecule has 0 N–H and O–H groups in total. The van der Waals surface area contributed by atoms with Crippen LogP contribution in [0.3, 0.4) is 0 Å². The summed E-state index contributed by atoms with van der Waals surface area (Å²) in [7, 11) is 0. The molecular formula is C103H80. The fourth-order valence-electron chi connectivity index (χ4n) is 20.1. The van der Waals surface area contributed by atoms with Gasteiger partial charge in [-0.05, 0) is 289 Å². The van der Waals surface area contributed by atoms with Crippen LogP contribution in [0.4, 0.5) is 0 Å². The van der Waals surface area contributed by atoms with Crippen LogP contribution in [-0.4, -0.2) is 0 Å². The maximum absolute atomic E-state index is 2.59. The molecule has 20 rings (SSSR count).